The van der Waals surface area contributed by atoms with Crippen LogP contribution in [0, 0.1) is 0 Å². The van der Waals surface area contributed by atoms with Crippen molar-refractivity contribution >= 4 is 6.34 Å². The molecule has 0 N–H and O–H groups in total. The fraction of sp³-hybridized carbons (Fsp3) is 0.889. The Morgan fingerprint density at radius 1 is 1.25 bits per heavy atom. The molecule has 0 amide bonds. The quantitative estimate of drug-likeness (QED) is 0.302. The Bertz CT molecular complexity index is 122. The first-order valence-electron chi connectivity index (χ1n) is 4.30. The number of rotatable bonds is 4. The molecule has 0 aromatic heterocycles. The van der Waals surface area contributed by atoms with Crippen molar-refractivity contribution in [3.8, 4) is 0 Å². The van der Waals surface area contributed by atoms with Crippen LogP contribution in [0.5, 0.6) is 0 Å². The van der Waals surface area contributed by atoms with Gasteiger partial charge in [0.05, 0.1) is 0 Å². The normalized spacial score (nSPS) is 10.9. The molecule has 0 aromatic carbocycles. The third kappa shape index (κ3) is 6.67. The van der Waals surface area contributed by atoms with E-state index in [1.54, 1.807) is 0 Å². The second-order valence-electron chi connectivity index (χ2n) is 3.20. The molecule has 0 aromatic rings. The Morgan fingerprint density at radius 2 is 1.75 bits per heavy atom. The van der Waals surface area contributed by atoms with E-state index in [0.29, 0.717) is 12.1 Å². The van der Waals surface area contributed by atoms with Gasteiger partial charge in [0.1, 0.15) is 0 Å². The molecule has 75 valence electrons. The zero-order valence-electron chi connectivity index (χ0n) is 8.59. The fourth-order valence-corrected chi connectivity index (χ4v) is 0.741. The van der Waals surface area contributed by atoms with Crippen molar-refractivity contribution in [2.24, 2.45) is 4.99 Å². The average molecular weight is 214 g/mol. The van der Waals surface area contributed by atoms with Crippen LogP contribution in [-0.4, -0.2) is 29.9 Å². The molecule has 0 spiro atoms. The van der Waals surface area contributed by atoms with Gasteiger partial charge in [-0.3, -0.25) is 6.34 Å². The minimum Gasteiger partial charge on any atom is -0.536 e. The van der Waals surface area contributed by atoms with Crippen LogP contribution >= 0.6 is 0 Å². The van der Waals surface area contributed by atoms with E-state index in [0.717, 1.165) is 6.54 Å². The molecule has 0 atom stereocenters. The molecule has 1 radical (unpaired) electrons. The first kappa shape index (κ1) is 14.5. The summed E-state index contributed by atoms with van der Waals surface area (Å²) in [5.41, 5.74) is 0. The predicted octanol–water partition coefficient (Wildman–Crippen LogP) is 2.03. The summed E-state index contributed by atoms with van der Waals surface area (Å²) >= 11 is 0. The summed E-state index contributed by atoms with van der Waals surface area (Å²) in [6.45, 7) is 11.5. The molecule has 0 aliphatic heterocycles. The van der Waals surface area contributed by atoms with E-state index < -0.39 is 0 Å². The second-order valence-corrected chi connectivity index (χ2v) is 3.20. The fourth-order valence-electron chi connectivity index (χ4n) is 0.741. The summed E-state index contributed by atoms with van der Waals surface area (Å²) in [6.07, 6.45) is 3.03. The van der Waals surface area contributed by atoms with Gasteiger partial charge in [0.2, 0.25) is 0 Å². The minimum atomic E-state index is 0. The molecule has 0 unspecified atom stereocenters. The Hall–Kier alpha value is -0.0235. The Morgan fingerprint density at radius 3 is 2.00 bits per heavy atom. The van der Waals surface area contributed by atoms with Gasteiger partial charge in [0.25, 0.3) is 0 Å². The van der Waals surface area contributed by atoms with Crippen LogP contribution in [0.2, 0.25) is 0 Å². The van der Waals surface area contributed by atoms with Crippen LogP contribution in [-0.2, 0) is 16.8 Å². The number of nitrogens with zero attached hydrogens (tertiary/aromatic N) is 2. The summed E-state index contributed by atoms with van der Waals surface area (Å²) < 4.78 is 0. The van der Waals surface area contributed by atoms with E-state index in [2.05, 4.69) is 50.8 Å². The largest absolute Gasteiger partial charge is 0.536 e. The maximum Gasteiger partial charge on any atom is 0.00715 e. The summed E-state index contributed by atoms with van der Waals surface area (Å²) in [4.78, 5) is 6.29. The Labute approximate surface area is 86.6 Å². The monoisotopic (exact) mass is 214 g/mol. The Balaban J connectivity index is 0. The van der Waals surface area contributed by atoms with E-state index >= 15 is 0 Å². The van der Waals surface area contributed by atoms with Gasteiger partial charge in [-0.15, -0.1) is 0 Å². The van der Waals surface area contributed by atoms with E-state index in [4.69, 9.17) is 0 Å². The molecule has 0 fully saturated rings. The van der Waals surface area contributed by atoms with Crippen molar-refractivity contribution < 1.29 is 16.8 Å². The summed E-state index contributed by atoms with van der Waals surface area (Å²) in [7, 11) is 0. The van der Waals surface area contributed by atoms with Crippen LogP contribution in [0.1, 0.15) is 34.6 Å². The standard InChI is InChI=1S/C9H19N2.Co/c1-6-11(9(4)5)7-10-8(2)3;/h8-9H,6H2,1-5H3;/q-1;. The van der Waals surface area contributed by atoms with Crippen molar-refractivity contribution in [3.63, 3.8) is 0 Å². The molecule has 0 aliphatic carbocycles. The van der Waals surface area contributed by atoms with E-state index in [9.17, 15) is 0 Å². The van der Waals surface area contributed by atoms with Crippen LogP contribution in [0.3, 0.4) is 0 Å². The van der Waals surface area contributed by atoms with Gasteiger partial charge in [-0.05, 0) is 40.3 Å². The van der Waals surface area contributed by atoms with E-state index in [1.165, 1.54) is 0 Å². The van der Waals surface area contributed by atoms with Gasteiger partial charge < -0.3 is 9.89 Å². The van der Waals surface area contributed by atoms with Crippen molar-refractivity contribution in [2.75, 3.05) is 6.54 Å². The molecule has 2 nitrogen and oxygen atoms in total. The third-order valence-corrected chi connectivity index (χ3v) is 1.41. The Kier molecular flexibility index (Phi) is 9.20. The van der Waals surface area contributed by atoms with Crippen LogP contribution < -0.4 is 0 Å². The van der Waals surface area contributed by atoms with Gasteiger partial charge in [-0.2, -0.15) is 0 Å². The molecule has 0 saturated heterocycles. The SMILES string of the molecule is CCN([C-]=NC(C)C)C(C)C.[Co]. The topological polar surface area (TPSA) is 15.6 Å². The van der Waals surface area contributed by atoms with Gasteiger partial charge >= 0.3 is 0 Å². The third-order valence-electron chi connectivity index (χ3n) is 1.41. The van der Waals surface area contributed by atoms with Crippen LogP contribution in [0.15, 0.2) is 4.99 Å². The molecule has 0 rings (SSSR count). The average Bonchev–Trinajstić information content (AvgIpc) is 1.87. The van der Waals surface area contributed by atoms with E-state index in [1.807, 2.05) is 0 Å². The van der Waals surface area contributed by atoms with Gasteiger partial charge in [0, 0.05) is 22.8 Å². The maximum atomic E-state index is 4.19. The number of hydrogen-bond acceptors (Lipinski definition) is 1. The number of hydrogen-bond donors (Lipinski definition) is 0. The summed E-state index contributed by atoms with van der Waals surface area (Å²) in [6, 6.07) is 0.852. The summed E-state index contributed by atoms with van der Waals surface area (Å²) in [5, 5.41) is 0. The molecular formula is C9H19CoN2-. The van der Waals surface area contributed by atoms with Crippen LogP contribution in [0.4, 0.5) is 0 Å². The zero-order chi connectivity index (χ0) is 8.85. The van der Waals surface area contributed by atoms with E-state index in [-0.39, 0.29) is 16.8 Å². The summed E-state index contributed by atoms with van der Waals surface area (Å²) in [5.74, 6) is 0. The smallest absolute Gasteiger partial charge is 0.00715 e. The molecule has 12 heavy (non-hydrogen) atoms. The predicted molar refractivity (Wildman–Crippen MR) is 50.1 cm³/mol. The molecule has 0 saturated carbocycles. The molecular weight excluding hydrogens is 195 g/mol. The van der Waals surface area contributed by atoms with Crippen molar-refractivity contribution in [1.82, 2.24) is 4.90 Å². The zero-order valence-corrected chi connectivity index (χ0v) is 9.63. The second kappa shape index (κ2) is 7.62. The molecule has 0 heterocycles. The van der Waals surface area contributed by atoms with Crippen molar-refractivity contribution in [3.05, 3.63) is 0 Å². The maximum absolute atomic E-state index is 4.19. The number of aliphatic imine (C=N–C) groups is 1. The van der Waals surface area contributed by atoms with Gasteiger partial charge in [-0.25, -0.2) is 0 Å². The van der Waals surface area contributed by atoms with Crippen molar-refractivity contribution in [2.45, 2.75) is 46.7 Å². The van der Waals surface area contributed by atoms with Gasteiger partial charge in [0.15, 0.2) is 0 Å². The minimum absolute atomic E-state index is 0. The first-order chi connectivity index (χ1) is 5.07. The molecule has 0 bridgehead atoms. The first-order valence-corrected chi connectivity index (χ1v) is 4.30. The van der Waals surface area contributed by atoms with Crippen LogP contribution in [0.25, 0.3) is 0 Å². The molecule has 0 aliphatic rings. The van der Waals surface area contributed by atoms with Crippen molar-refractivity contribution in [1.29, 1.82) is 0 Å². The molecule has 3 heteroatoms. The van der Waals surface area contributed by atoms with Gasteiger partial charge in [-0.1, -0.05) is 6.92 Å².